The number of alkyl halides is 2. The molecule has 4 rings (SSSR count). The Balaban J connectivity index is 0.000000212. The predicted octanol–water partition coefficient (Wildman–Crippen LogP) is 4.38. The molecule has 0 unspecified atom stereocenters. The molecule has 0 aromatic carbocycles. The molecule has 0 atom stereocenters. The minimum absolute atomic E-state index is 0.132. The molecule has 1 saturated carbocycles. The largest absolute Gasteiger partial charge is 0.477 e. The number of hydrogen-bond acceptors (Lipinski definition) is 7. The number of halogens is 2. The summed E-state index contributed by atoms with van der Waals surface area (Å²) in [7, 11) is 2.16. The number of rotatable bonds is 16. The summed E-state index contributed by atoms with van der Waals surface area (Å²) in [6.45, 7) is 6.08. The van der Waals surface area contributed by atoms with Gasteiger partial charge in [-0.2, -0.15) is 0 Å². The van der Waals surface area contributed by atoms with Gasteiger partial charge in [-0.25, -0.2) is 18.6 Å². The van der Waals surface area contributed by atoms with Gasteiger partial charge in [0.05, 0.1) is 25.2 Å². The second-order valence-electron chi connectivity index (χ2n) is 11.4. The van der Waals surface area contributed by atoms with Crippen molar-refractivity contribution < 1.29 is 23.4 Å². The summed E-state index contributed by atoms with van der Waals surface area (Å²) in [5, 5.41) is 12.6. The highest BCUT2D eigenvalue weighted by Crippen LogP contribution is 2.37. The third-order valence-electron chi connectivity index (χ3n) is 7.46. The first kappa shape index (κ1) is 30.5. The van der Waals surface area contributed by atoms with Crippen LogP contribution >= 0.6 is 0 Å². The Labute approximate surface area is 226 Å². The van der Waals surface area contributed by atoms with E-state index in [9.17, 15) is 13.6 Å². The molecule has 3 heterocycles. The van der Waals surface area contributed by atoms with Crippen molar-refractivity contribution in [1.29, 1.82) is 0 Å². The van der Waals surface area contributed by atoms with Gasteiger partial charge in [0, 0.05) is 19.6 Å². The van der Waals surface area contributed by atoms with Crippen LogP contribution in [0, 0.1) is 5.92 Å². The van der Waals surface area contributed by atoms with E-state index < -0.39 is 11.9 Å². The molecule has 2 saturated heterocycles. The first-order valence-corrected chi connectivity index (χ1v) is 14.3. The molecule has 0 radical (unpaired) electrons. The number of aromatic carboxylic acids is 1. The van der Waals surface area contributed by atoms with E-state index in [2.05, 4.69) is 29.2 Å². The number of nitrogens with zero attached hydrogens (tertiary/aromatic N) is 3. The van der Waals surface area contributed by atoms with Crippen LogP contribution in [0.4, 0.5) is 14.5 Å². The molecule has 8 nitrogen and oxygen atoms in total. The van der Waals surface area contributed by atoms with Gasteiger partial charge in [0.25, 0.3) is 5.92 Å². The topological polar surface area (TPSA) is 104 Å². The average Bonchev–Trinajstić information content (AvgIpc) is 3.68. The van der Waals surface area contributed by atoms with Crippen LogP contribution in [0.5, 0.6) is 5.88 Å². The summed E-state index contributed by atoms with van der Waals surface area (Å²) in [4.78, 5) is 18.6. The van der Waals surface area contributed by atoms with Crippen molar-refractivity contribution in [2.75, 3.05) is 57.8 Å². The summed E-state index contributed by atoms with van der Waals surface area (Å²) >= 11 is 0. The Morgan fingerprint density at radius 3 is 2.26 bits per heavy atom. The average molecular weight is 540 g/mol. The van der Waals surface area contributed by atoms with Crippen molar-refractivity contribution in [3.8, 4) is 5.88 Å². The van der Waals surface area contributed by atoms with Gasteiger partial charge >= 0.3 is 5.97 Å². The molecule has 1 aliphatic carbocycles. The van der Waals surface area contributed by atoms with Crippen molar-refractivity contribution in [3.05, 3.63) is 17.8 Å². The van der Waals surface area contributed by atoms with E-state index in [4.69, 9.17) is 15.6 Å². The van der Waals surface area contributed by atoms with Crippen LogP contribution in [0.25, 0.3) is 0 Å². The molecule has 10 heteroatoms. The van der Waals surface area contributed by atoms with Crippen molar-refractivity contribution in [2.45, 2.75) is 82.6 Å². The molecule has 216 valence electrons. The molecule has 1 aromatic heterocycles. The lowest BCUT2D eigenvalue weighted by molar-refractivity contribution is -0.0265. The second-order valence-corrected chi connectivity index (χ2v) is 11.4. The van der Waals surface area contributed by atoms with E-state index in [1.54, 1.807) is 0 Å². The van der Waals surface area contributed by atoms with Crippen LogP contribution in [0.3, 0.4) is 0 Å². The molecule has 4 N–H and O–H groups in total. The van der Waals surface area contributed by atoms with E-state index in [1.807, 2.05) is 0 Å². The van der Waals surface area contributed by atoms with Gasteiger partial charge in [-0.15, -0.1) is 0 Å². The number of unbranched alkanes of at least 4 members (excludes halogenated alkanes) is 7. The summed E-state index contributed by atoms with van der Waals surface area (Å²) in [6.07, 6.45) is 13.3. The third kappa shape index (κ3) is 9.61. The highest BCUT2D eigenvalue weighted by Gasteiger charge is 2.45. The Kier molecular flexibility index (Phi) is 11.5. The van der Waals surface area contributed by atoms with Gasteiger partial charge in [0.1, 0.15) is 5.69 Å². The van der Waals surface area contributed by atoms with Gasteiger partial charge in [-0.05, 0) is 50.9 Å². The lowest BCUT2D eigenvalue weighted by atomic mass is 9.90. The van der Waals surface area contributed by atoms with E-state index >= 15 is 0 Å². The smallest absolute Gasteiger partial charge is 0.354 e. The fourth-order valence-electron chi connectivity index (χ4n) is 4.98. The second kappa shape index (κ2) is 14.4. The Morgan fingerprint density at radius 2 is 1.74 bits per heavy atom. The first-order valence-electron chi connectivity index (χ1n) is 14.3. The Morgan fingerprint density at radius 1 is 1.11 bits per heavy atom. The van der Waals surface area contributed by atoms with E-state index in [0.29, 0.717) is 18.2 Å². The number of nitrogens with one attached hydrogen (secondary N) is 1. The molecular formula is C28H47F2N5O3. The molecule has 38 heavy (non-hydrogen) atoms. The predicted molar refractivity (Wildman–Crippen MR) is 146 cm³/mol. The van der Waals surface area contributed by atoms with Crippen LogP contribution in [0.2, 0.25) is 0 Å². The molecular weight excluding hydrogens is 492 g/mol. The number of carboxylic acids is 1. The molecule has 2 aliphatic heterocycles. The van der Waals surface area contributed by atoms with Gasteiger partial charge in [0.2, 0.25) is 5.88 Å². The van der Waals surface area contributed by atoms with E-state index in [-0.39, 0.29) is 30.2 Å². The Bertz CT molecular complexity index is 870. The van der Waals surface area contributed by atoms with Crippen LogP contribution in [-0.4, -0.2) is 85.3 Å². The minimum atomic E-state index is -2.70. The van der Waals surface area contributed by atoms with E-state index in [1.165, 1.54) is 68.4 Å². The highest BCUT2D eigenvalue weighted by atomic mass is 19.3. The quantitative estimate of drug-likeness (QED) is 0.266. The molecule has 0 bridgehead atoms. The zero-order chi connectivity index (χ0) is 27.6. The van der Waals surface area contributed by atoms with Crippen molar-refractivity contribution in [1.82, 2.24) is 15.2 Å². The van der Waals surface area contributed by atoms with Gasteiger partial charge in [-0.1, -0.05) is 51.9 Å². The number of aromatic nitrogens is 1. The fourth-order valence-corrected chi connectivity index (χ4v) is 4.98. The molecule has 0 spiro atoms. The third-order valence-corrected chi connectivity index (χ3v) is 7.46. The monoisotopic (exact) mass is 539 g/mol. The van der Waals surface area contributed by atoms with Crippen LogP contribution in [0.1, 0.15) is 81.6 Å². The summed E-state index contributed by atoms with van der Waals surface area (Å²) < 4.78 is 31.4. The number of likely N-dealkylation sites (tertiary alicyclic amines) is 1. The van der Waals surface area contributed by atoms with Crippen molar-refractivity contribution >= 4 is 11.7 Å². The SMILES string of the molecule is CCCCCCCCCCNC1(CN)CN(C)C1.O=C(O)c1ccc(N2CC(F)(F)C2)c(OCC2CC2)n1. The lowest BCUT2D eigenvalue weighted by Gasteiger charge is -2.48. The van der Waals surface area contributed by atoms with Crippen LogP contribution in [-0.2, 0) is 0 Å². The maximum atomic E-state index is 12.9. The van der Waals surface area contributed by atoms with Gasteiger partial charge < -0.3 is 30.7 Å². The maximum Gasteiger partial charge on any atom is 0.354 e. The van der Waals surface area contributed by atoms with Crippen LogP contribution in [0.15, 0.2) is 12.1 Å². The number of nitrogens with two attached hydrogens (primary N) is 1. The number of carbonyl (C=O) groups is 1. The normalized spacial score (nSPS) is 19.7. The first-order chi connectivity index (χ1) is 18.2. The van der Waals surface area contributed by atoms with Crippen molar-refractivity contribution in [2.24, 2.45) is 11.7 Å². The molecule has 1 aromatic rings. The standard InChI is InChI=1S/C15H33N3.C13H14F2N2O3/c1-3-4-5-6-7-8-9-10-11-17-15(12-16)13-18(2)14-15;14-13(15)6-17(7-13)10-4-3-9(12(18)19)16-11(10)20-5-8-1-2-8/h17H,3-14,16H2,1-2H3;3-4,8H,1-2,5-7H2,(H,18,19). The molecule has 3 aliphatic rings. The Hall–Kier alpha value is -2.04. The van der Waals surface area contributed by atoms with Crippen LogP contribution < -0.4 is 20.7 Å². The fraction of sp³-hybridized carbons (Fsp3) is 0.786. The number of pyridine rings is 1. The number of hydrogen-bond donors (Lipinski definition) is 3. The zero-order valence-electron chi connectivity index (χ0n) is 23.2. The minimum Gasteiger partial charge on any atom is -0.477 e. The summed E-state index contributed by atoms with van der Waals surface area (Å²) in [6, 6.07) is 2.78. The highest BCUT2D eigenvalue weighted by molar-refractivity contribution is 5.86. The number of carboxylic acid groups (broad SMARTS) is 1. The van der Waals surface area contributed by atoms with Gasteiger partial charge in [0.15, 0.2) is 5.69 Å². The van der Waals surface area contributed by atoms with E-state index in [0.717, 1.165) is 39.0 Å². The number of likely N-dealkylation sites (N-methyl/N-ethyl adjacent to an activating group) is 1. The number of anilines is 1. The number of ether oxygens (including phenoxy) is 1. The zero-order valence-corrected chi connectivity index (χ0v) is 23.2. The summed E-state index contributed by atoms with van der Waals surface area (Å²) in [5.74, 6) is -3.26. The molecule has 0 amide bonds. The molecule has 3 fully saturated rings. The maximum absolute atomic E-state index is 12.9. The van der Waals surface area contributed by atoms with Gasteiger partial charge in [-0.3, -0.25) is 0 Å². The lowest BCUT2D eigenvalue weighted by Crippen LogP contribution is -2.71. The summed E-state index contributed by atoms with van der Waals surface area (Å²) in [5.41, 5.74) is 6.37. The van der Waals surface area contributed by atoms with Crippen molar-refractivity contribution in [3.63, 3.8) is 0 Å².